The summed E-state index contributed by atoms with van der Waals surface area (Å²) >= 11 is 0. The first-order chi connectivity index (χ1) is 14.9. The van der Waals surface area contributed by atoms with Gasteiger partial charge in [0.25, 0.3) is 5.91 Å². The van der Waals surface area contributed by atoms with Gasteiger partial charge in [0.15, 0.2) is 5.82 Å². The number of hydrogen-bond acceptors (Lipinski definition) is 7. The van der Waals surface area contributed by atoms with Gasteiger partial charge >= 0.3 is 0 Å². The third kappa shape index (κ3) is 5.00. The average Bonchev–Trinajstić information content (AvgIpc) is 3.60. The van der Waals surface area contributed by atoms with Crippen LogP contribution in [-0.4, -0.2) is 31.8 Å². The Morgan fingerprint density at radius 3 is 2.42 bits per heavy atom. The molecule has 0 radical (unpaired) electrons. The Kier molecular flexibility index (Phi) is 5.57. The molecule has 1 aromatic carbocycles. The molecular weight excluding hydrogens is 396 g/mol. The van der Waals surface area contributed by atoms with E-state index in [9.17, 15) is 9.59 Å². The fourth-order valence-electron chi connectivity index (χ4n) is 3.03. The molecule has 3 aromatic rings. The quantitative estimate of drug-likeness (QED) is 0.570. The number of nitrogens with zero attached hydrogens (tertiary/aromatic N) is 4. The summed E-state index contributed by atoms with van der Waals surface area (Å²) in [5.74, 6) is 0.278. The molecule has 0 spiro atoms. The van der Waals surface area contributed by atoms with Crippen molar-refractivity contribution in [3.05, 3.63) is 59.8 Å². The second kappa shape index (κ2) is 8.47. The Bertz CT molecular complexity index is 1110. The number of aromatic nitrogens is 4. The Labute approximate surface area is 178 Å². The Morgan fingerprint density at radius 1 is 1.10 bits per heavy atom. The van der Waals surface area contributed by atoms with Crippen LogP contribution >= 0.6 is 0 Å². The molecule has 0 unspecified atom stereocenters. The summed E-state index contributed by atoms with van der Waals surface area (Å²) in [6.07, 6.45) is 5.98. The summed E-state index contributed by atoms with van der Waals surface area (Å²) in [4.78, 5) is 40.5. The van der Waals surface area contributed by atoms with Crippen LogP contribution in [0.4, 0.5) is 0 Å². The minimum atomic E-state index is -0.676. The van der Waals surface area contributed by atoms with Crippen molar-refractivity contribution in [1.29, 1.82) is 0 Å². The highest BCUT2D eigenvalue weighted by Gasteiger charge is 2.25. The van der Waals surface area contributed by atoms with Gasteiger partial charge in [0, 0.05) is 29.5 Å². The summed E-state index contributed by atoms with van der Waals surface area (Å²) in [6, 6.07) is 8.51. The van der Waals surface area contributed by atoms with Crippen LogP contribution in [0.25, 0.3) is 11.4 Å². The predicted octanol–water partition coefficient (Wildman–Crippen LogP) is 2.37. The molecule has 1 aliphatic rings. The van der Waals surface area contributed by atoms with Crippen LogP contribution in [0.2, 0.25) is 0 Å². The van der Waals surface area contributed by atoms with Gasteiger partial charge in [-0.25, -0.2) is 15.0 Å². The van der Waals surface area contributed by atoms with Crippen molar-refractivity contribution in [3.63, 3.8) is 0 Å². The zero-order valence-corrected chi connectivity index (χ0v) is 17.0. The van der Waals surface area contributed by atoms with Crippen molar-refractivity contribution in [2.45, 2.75) is 32.1 Å². The van der Waals surface area contributed by atoms with Crippen molar-refractivity contribution in [1.82, 2.24) is 19.9 Å². The molecule has 9 heteroatoms. The van der Waals surface area contributed by atoms with Gasteiger partial charge in [-0.15, -0.1) is 0 Å². The fourth-order valence-corrected chi connectivity index (χ4v) is 3.03. The van der Waals surface area contributed by atoms with Crippen molar-refractivity contribution < 1.29 is 14.3 Å². The van der Waals surface area contributed by atoms with Gasteiger partial charge in [-0.1, -0.05) is 6.92 Å². The number of nitrogens with two attached hydrogens (primary N) is 2. The highest BCUT2D eigenvalue weighted by atomic mass is 16.5. The van der Waals surface area contributed by atoms with Crippen LogP contribution in [0.3, 0.4) is 0 Å². The average molecular weight is 418 g/mol. The lowest BCUT2D eigenvalue weighted by atomic mass is 10.0. The smallest absolute Gasteiger partial charge is 0.267 e. The van der Waals surface area contributed by atoms with Gasteiger partial charge in [-0.05, 0) is 43.2 Å². The molecule has 31 heavy (non-hydrogen) atoms. The maximum absolute atomic E-state index is 11.7. The molecule has 0 aliphatic heterocycles. The number of ether oxygens (including phenoxy) is 1. The monoisotopic (exact) mass is 418 g/mol. The second-order valence-electron chi connectivity index (χ2n) is 7.62. The van der Waals surface area contributed by atoms with E-state index >= 15 is 0 Å². The second-order valence-corrected chi connectivity index (χ2v) is 7.62. The van der Waals surface area contributed by atoms with E-state index in [4.69, 9.17) is 16.2 Å². The van der Waals surface area contributed by atoms with Crippen molar-refractivity contribution >= 4 is 11.8 Å². The molecule has 0 bridgehead atoms. The number of carbonyl (C=O) groups is 2. The number of benzene rings is 1. The first kappa shape index (κ1) is 20.4. The van der Waals surface area contributed by atoms with E-state index in [0.717, 1.165) is 5.69 Å². The van der Waals surface area contributed by atoms with E-state index in [0.29, 0.717) is 34.6 Å². The van der Waals surface area contributed by atoms with Crippen molar-refractivity contribution in [2.75, 3.05) is 0 Å². The number of rotatable bonds is 8. The van der Waals surface area contributed by atoms with Gasteiger partial charge in [-0.3, -0.25) is 14.6 Å². The molecule has 4 rings (SSSR count). The molecule has 1 saturated carbocycles. The Hall–Kier alpha value is -3.88. The molecule has 1 aliphatic carbocycles. The number of amides is 2. The van der Waals surface area contributed by atoms with E-state index in [1.165, 1.54) is 18.9 Å². The Morgan fingerprint density at radius 2 is 1.84 bits per heavy atom. The summed E-state index contributed by atoms with van der Waals surface area (Å²) in [6.45, 7) is 1.69. The number of carbonyl (C=O) groups excluding carboxylic acids is 2. The normalized spacial score (nSPS) is 14.1. The van der Waals surface area contributed by atoms with E-state index in [1.807, 2.05) is 0 Å². The largest absolute Gasteiger partial charge is 0.438 e. The zero-order valence-electron chi connectivity index (χ0n) is 17.0. The standard InChI is InChI=1S/C22H22N6O3/c1-12(20(23)29)8-15-9-17(21(24)30)28-22(27-15)14-4-6-16(7-5-14)31-19-11-25-18(10-26-19)13-2-3-13/h4-7,9-13H,2-3,8H2,1H3,(H2,23,29)(H2,24,30)/t12-/m1/s1. The molecule has 2 amide bonds. The molecule has 158 valence electrons. The van der Waals surface area contributed by atoms with E-state index in [2.05, 4.69) is 19.9 Å². The lowest BCUT2D eigenvalue weighted by Crippen LogP contribution is -2.23. The third-order valence-electron chi connectivity index (χ3n) is 5.01. The molecule has 4 N–H and O–H groups in total. The van der Waals surface area contributed by atoms with Gasteiger partial charge in [0.2, 0.25) is 11.8 Å². The number of hydrogen-bond donors (Lipinski definition) is 2. The van der Waals surface area contributed by atoms with Gasteiger partial charge in [0.1, 0.15) is 11.4 Å². The highest BCUT2D eigenvalue weighted by molar-refractivity contribution is 5.91. The molecule has 0 saturated heterocycles. The molecule has 1 fully saturated rings. The topological polar surface area (TPSA) is 147 Å². The maximum atomic E-state index is 11.7. The van der Waals surface area contributed by atoms with Crippen LogP contribution in [0.1, 0.15) is 47.6 Å². The lowest BCUT2D eigenvalue weighted by Gasteiger charge is -2.10. The van der Waals surface area contributed by atoms with Crippen LogP contribution in [0.15, 0.2) is 42.7 Å². The molecular formula is C22H22N6O3. The van der Waals surface area contributed by atoms with E-state index in [-0.39, 0.29) is 12.1 Å². The van der Waals surface area contributed by atoms with Crippen LogP contribution < -0.4 is 16.2 Å². The van der Waals surface area contributed by atoms with Crippen LogP contribution in [0, 0.1) is 5.92 Å². The van der Waals surface area contributed by atoms with Gasteiger partial charge in [0.05, 0.1) is 18.1 Å². The minimum Gasteiger partial charge on any atom is -0.438 e. The minimum absolute atomic E-state index is 0.0722. The molecule has 1 atom stereocenters. The van der Waals surface area contributed by atoms with Crippen LogP contribution in [-0.2, 0) is 11.2 Å². The zero-order chi connectivity index (χ0) is 22.0. The number of primary amides is 2. The molecule has 9 nitrogen and oxygen atoms in total. The lowest BCUT2D eigenvalue weighted by molar-refractivity contribution is -0.121. The van der Waals surface area contributed by atoms with Crippen LogP contribution in [0.5, 0.6) is 11.6 Å². The van der Waals surface area contributed by atoms with Gasteiger partial charge < -0.3 is 16.2 Å². The molecule has 2 heterocycles. The maximum Gasteiger partial charge on any atom is 0.267 e. The third-order valence-corrected chi connectivity index (χ3v) is 5.01. The summed E-state index contributed by atoms with van der Waals surface area (Å²) in [5.41, 5.74) is 13.0. The first-order valence-corrected chi connectivity index (χ1v) is 9.96. The van der Waals surface area contributed by atoms with E-state index < -0.39 is 17.7 Å². The fraction of sp³-hybridized carbons (Fsp3) is 0.273. The first-order valence-electron chi connectivity index (χ1n) is 9.96. The Balaban J connectivity index is 1.53. The summed E-state index contributed by atoms with van der Waals surface area (Å²) in [7, 11) is 0. The predicted molar refractivity (Wildman–Crippen MR) is 112 cm³/mol. The highest BCUT2D eigenvalue weighted by Crippen LogP contribution is 2.38. The summed E-state index contributed by atoms with van der Waals surface area (Å²) in [5, 5.41) is 0. The van der Waals surface area contributed by atoms with E-state index in [1.54, 1.807) is 43.6 Å². The van der Waals surface area contributed by atoms with Crippen molar-refractivity contribution in [3.8, 4) is 23.0 Å². The molecule has 2 aromatic heterocycles. The summed E-state index contributed by atoms with van der Waals surface area (Å²) < 4.78 is 5.75. The van der Waals surface area contributed by atoms with Gasteiger partial charge in [-0.2, -0.15) is 0 Å². The SMILES string of the molecule is C[C@H](Cc1cc(C(N)=O)nc(-c2ccc(Oc3cnc(C4CC4)cn3)cc2)n1)C(N)=O. The van der Waals surface area contributed by atoms with Crippen molar-refractivity contribution in [2.24, 2.45) is 17.4 Å².